The van der Waals surface area contributed by atoms with E-state index in [0.717, 1.165) is 25.7 Å². The first-order valence-corrected chi connectivity index (χ1v) is 6.77. The maximum atomic E-state index is 12.1. The van der Waals surface area contributed by atoms with Gasteiger partial charge in [-0.1, -0.05) is 12.8 Å². The molecule has 2 rings (SSSR count). The summed E-state index contributed by atoms with van der Waals surface area (Å²) in [6.07, 6.45) is 4.06. The Morgan fingerprint density at radius 1 is 1.44 bits per heavy atom. The minimum Gasteiger partial charge on any atom is -0.393 e. The molecule has 2 amide bonds. The summed E-state index contributed by atoms with van der Waals surface area (Å²) in [5.41, 5.74) is 0. The van der Waals surface area contributed by atoms with Crippen molar-refractivity contribution in [2.24, 2.45) is 11.8 Å². The second-order valence-electron chi connectivity index (χ2n) is 5.54. The smallest absolute Gasteiger partial charge is 0.227 e. The van der Waals surface area contributed by atoms with E-state index in [2.05, 4.69) is 5.32 Å². The van der Waals surface area contributed by atoms with Crippen molar-refractivity contribution in [2.45, 2.75) is 38.2 Å². The molecule has 1 saturated carbocycles. The van der Waals surface area contributed by atoms with Gasteiger partial charge < -0.3 is 15.3 Å². The molecule has 1 aliphatic carbocycles. The van der Waals surface area contributed by atoms with Crippen molar-refractivity contribution in [1.82, 2.24) is 10.2 Å². The van der Waals surface area contributed by atoms with Crippen LogP contribution in [0.2, 0.25) is 0 Å². The zero-order valence-corrected chi connectivity index (χ0v) is 10.9. The third-order valence-electron chi connectivity index (χ3n) is 4.08. The lowest BCUT2D eigenvalue weighted by molar-refractivity contribution is -0.135. The highest BCUT2D eigenvalue weighted by atomic mass is 16.3. The second-order valence-corrected chi connectivity index (χ2v) is 5.54. The van der Waals surface area contributed by atoms with Gasteiger partial charge in [-0.25, -0.2) is 0 Å². The van der Waals surface area contributed by atoms with E-state index in [1.807, 2.05) is 0 Å². The normalized spacial score (nSPS) is 32.1. The molecule has 5 nitrogen and oxygen atoms in total. The zero-order valence-electron chi connectivity index (χ0n) is 10.9. The molecule has 3 unspecified atom stereocenters. The van der Waals surface area contributed by atoms with E-state index in [0.29, 0.717) is 19.5 Å². The van der Waals surface area contributed by atoms with Gasteiger partial charge in [-0.2, -0.15) is 0 Å². The fourth-order valence-electron chi connectivity index (χ4n) is 2.93. The molecule has 0 spiro atoms. The number of amides is 2. The van der Waals surface area contributed by atoms with Crippen molar-refractivity contribution in [3.05, 3.63) is 0 Å². The number of carbonyl (C=O) groups excluding carboxylic acids is 2. The maximum Gasteiger partial charge on any atom is 0.227 e. The van der Waals surface area contributed by atoms with E-state index >= 15 is 0 Å². The van der Waals surface area contributed by atoms with Gasteiger partial charge in [0.25, 0.3) is 0 Å². The third kappa shape index (κ3) is 3.02. The Kier molecular flexibility index (Phi) is 4.22. The van der Waals surface area contributed by atoms with Crippen LogP contribution in [-0.4, -0.2) is 48.1 Å². The van der Waals surface area contributed by atoms with Crippen LogP contribution in [0.15, 0.2) is 0 Å². The summed E-state index contributed by atoms with van der Waals surface area (Å²) in [6, 6.07) is 0. The summed E-state index contributed by atoms with van der Waals surface area (Å²) in [4.78, 5) is 24.9. The lowest BCUT2D eigenvalue weighted by atomic mass is 9.86. The molecular formula is C13H22N2O3. The topological polar surface area (TPSA) is 69.6 Å². The van der Waals surface area contributed by atoms with Gasteiger partial charge in [-0.3, -0.25) is 9.59 Å². The fourth-order valence-corrected chi connectivity index (χ4v) is 2.93. The number of aliphatic hydroxyl groups is 1. The number of hydrogen-bond acceptors (Lipinski definition) is 3. The van der Waals surface area contributed by atoms with Crippen molar-refractivity contribution in [2.75, 3.05) is 20.1 Å². The van der Waals surface area contributed by atoms with Crippen molar-refractivity contribution < 1.29 is 14.7 Å². The van der Waals surface area contributed by atoms with Crippen LogP contribution in [0.4, 0.5) is 0 Å². The number of carbonyl (C=O) groups is 2. The molecule has 3 atom stereocenters. The van der Waals surface area contributed by atoms with E-state index in [9.17, 15) is 14.7 Å². The molecular weight excluding hydrogens is 232 g/mol. The van der Waals surface area contributed by atoms with E-state index in [4.69, 9.17) is 0 Å². The predicted octanol–water partition coefficient (Wildman–Crippen LogP) is 0.132. The van der Waals surface area contributed by atoms with Crippen LogP contribution in [-0.2, 0) is 9.59 Å². The number of nitrogens with one attached hydrogen (secondary N) is 1. The van der Waals surface area contributed by atoms with Crippen LogP contribution in [0.25, 0.3) is 0 Å². The van der Waals surface area contributed by atoms with Crippen molar-refractivity contribution >= 4 is 11.8 Å². The Morgan fingerprint density at radius 3 is 2.78 bits per heavy atom. The van der Waals surface area contributed by atoms with E-state index in [1.54, 1.807) is 11.9 Å². The molecule has 102 valence electrons. The first kappa shape index (κ1) is 13.3. The van der Waals surface area contributed by atoms with Gasteiger partial charge >= 0.3 is 0 Å². The largest absolute Gasteiger partial charge is 0.393 e. The molecule has 2 aliphatic rings. The Hall–Kier alpha value is -1.10. The quantitative estimate of drug-likeness (QED) is 0.752. The number of hydrogen-bond donors (Lipinski definition) is 2. The minimum atomic E-state index is -0.280. The average Bonchev–Trinajstić information content (AvgIpc) is 2.78. The summed E-state index contributed by atoms with van der Waals surface area (Å²) >= 11 is 0. The van der Waals surface area contributed by atoms with Gasteiger partial charge in [0, 0.05) is 32.5 Å². The summed E-state index contributed by atoms with van der Waals surface area (Å²) in [7, 11) is 1.77. The first-order chi connectivity index (χ1) is 8.58. The van der Waals surface area contributed by atoms with Crippen LogP contribution in [0.1, 0.15) is 32.1 Å². The van der Waals surface area contributed by atoms with E-state index in [1.165, 1.54) is 0 Å². The highest BCUT2D eigenvalue weighted by Crippen LogP contribution is 2.25. The van der Waals surface area contributed by atoms with Crippen LogP contribution < -0.4 is 5.32 Å². The van der Waals surface area contributed by atoms with Crippen LogP contribution >= 0.6 is 0 Å². The third-order valence-corrected chi connectivity index (χ3v) is 4.08. The molecule has 0 aromatic heterocycles. The van der Waals surface area contributed by atoms with Gasteiger partial charge in [0.2, 0.25) is 11.8 Å². The molecule has 2 fully saturated rings. The zero-order chi connectivity index (χ0) is 13.1. The Balaban J connectivity index is 1.85. The predicted molar refractivity (Wildman–Crippen MR) is 66.7 cm³/mol. The molecule has 0 aromatic rings. The Bertz CT molecular complexity index is 332. The highest BCUT2D eigenvalue weighted by Gasteiger charge is 2.32. The SMILES string of the molecule is CN(CC1CCCCC1O)C(=O)C1CNC(=O)C1. The second kappa shape index (κ2) is 5.69. The summed E-state index contributed by atoms with van der Waals surface area (Å²) in [5.74, 6) is -0.0495. The molecule has 5 heteroatoms. The van der Waals surface area contributed by atoms with Crippen LogP contribution in [0, 0.1) is 11.8 Å². The first-order valence-electron chi connectivity index (χ1n) is 6.77. The molecule has 1 heterocycles. The van der Waals surface area contributed by atoms with Gasteiger partial charge in [0.1, 0.15) is 0 Å². The lowest BCUT2D eigenvalue weighted by Gasteiger charge is -2.32. The Morgan fingerprint density at radius 2 is 2.17 bits per heavy atom. The minimum absolute atomic E-state index is 0.0196. The van der Waals surface area contributed by atoms with Crippen molar-refractivity contribution in [1.29, 1.82) is 0 Å². The number of aliphatic hydroxyl groups excluding tert-OH is 1. The molecule has 2 N–H and O–H groups in total. The maximum absolute atomic E-state index is 12.1. The Labute approximate surface area is 108 Å². The van der Waals surface area contributed by atoms with E-state index < -0.39 is 0 Å². The van der Waals surface area contributed by atoms with Gasteiger partial charge in [-0.15, -0.1) is 0 Å². The number of rotatable bonds is 3. The summed E-state index contributed by atoms with van der Waals surface area (Å²) < 4.78 is 0. The number of nitrogens with zero attached hydrogens (tertiary/aromatic N) is 1. The molecule has 1 aliphatic heterocycles. The van der Waals surface area contributed by atoms with Crippen molar-refractivity contribution in [3.63, 3.8) is 0 Å². The highest BCUT2D eigenvalue weighted by molar-refractivity contribution is 5.89. The average molecular weight is 254 g/mol. The molecule has 1 saturated heterocycles. The van der Waals surface area contributed by atoms with Crippen LogP contribution in [0.3, 0.4) is 0 Å². The molecule has 18 heavy (non-hydrogen) atoms. The van der Waals surface area contributed by atoms with Gasteiger partial charge in [-0.05, 0) is 12.8 Å². The van der Waals surface area contributed by atoms with Gasteiger partial charge in [0.15, 0.2) is 0 Å². The standard InChI is InChI=1S/C13H22N2O3/c1-15(8-9-4-2-3-5-11(9)16)13(18)10-6-12(17)14-7-10/h9-11,16H,2-8H2,1H3,(H,14,17). The van der Waals surface area contributed by atoms with Gasteiger partial charge in [0.05, 0.1) is 12.0 Å². The van der Waals surface area contributed by atoms with E-state index in [-0.39, 0.29) is 29.8 Å². The van der Waals surface area contributed by atoms with Crippen molar-refractivity contribution in [3.8, 4) is 0 Å². The summed E-state index contributed by atoms with van der Waals surface area (Å²) in [5, 5.41) is 12.6. The lowest BCUT2D eigenvalue weighted by Crippen LogP contribution is -2.41. The molecule has 0 bridgehead atoms. The van der Waals surface area contributed by atoms with Crippen LogP contribution in [0.5, 0.6) is 0 Å². The summed E-state index contributed by atoms with van der Waals surface area (Å²) in [6.45, 7) is 1.06. The monoisotopic (exact) mass is 254 g/mol. The molecule has 0 radical (unpaired) electrons. The molecule has 0 aromatic carbocycles. The fraction of sp³-hybridized carbons (Fsp3) is 0.846.